The van der Waals surface area contributed by atoms with E-state index in [4.69, 9.17) is 26.3 Å². The summed E-state index contributed by atoms with van der Waals surface area (Å²) in [5, 5.41) is 3.53. The first kappa shape index (κ1) is 27.6. The maximum Gasteiger partial charge on any atom is 0.320 e. The second kappa shape index (κ2) is 12.4. The Morgan fingerprint density at radius 2 is 1.87 bits per heavy atom. The van der Waals surface area contributed by atoms with Crippen molar-refractivity contribution in [3.05, 3.63) is 58.7 Å². The van der Waals surface area contributed by atoms with Crippen molar-refractivity contribution < 1.29 is 14.3 Å². The number of likely N-dealkylation sites (N-methyl/N-ethyl adjacent to an activating group) is 1. The Kier molecular flexibility index (Phi) is 8.98. The minimum Gasteiger partial charge on any atom is -0.465 e. The van der Waals surface area contributed by atoms with Crippen molar-refractivity contribution in [1.29, 1.82) is 0 Å². The molecule has 0 bridgehead atoms. The molecule has 0 aliphatic rings. The van der Waals surface area contributed by atoms with Crippen LogP contribution >= 0.6 is 22.9 Å². The Labute approximate surface area is 231 Å². The van der Waals surface area contributed by atoms with Crippen molar-refractivity contribution in [3.8, 4) is 11.3 Å². The molecule has 0 spiro atoms. The van der Waals surface area contributed by atoms with Gasteiger partial charge < -0.3 is 14.5 Å². The smallest absolute Gasteiger partial charge is 0.320 e. The fourth-order valence-electron chi connectivity index (χ4n) is 4.12. The van der Waals surface area contributed by atoms with Crippen LogP contribution in [0.15, 0.2) is 48.0 Å². The van der Waals surface area contributed by atoms with Crippen LogP contribution in [-0.2, 0) is 20.7 Å². The topological polar surface area (TPSA) is 83.3 Å². The van der Waals surface area contributed by atoms with Crippen LogP contribution in [0.2, 0.25) is 5.02 Å². The Balaban J connectivity index is 1.59. The molecule has 0 N–H and O–H groups in total. The summed E-state index contributed by atoms with van der Waals surface area (Å²) in [5.41, 5.74) is 4.32. The maximum absolute atomic E-state index is 12.0. The van der Waals surface area contributed by atoms with Gasteiger partial charge in [0.2, 0.25) is 6.41 Å². The molecule has 38 heavy (non-hydrogen) atoms. The fraction of sp³-hybridized carbons (Fsp3) is 0.333. The molecule has 11 heteroatoms. The fourth-order valence-corrected chi connectivity index (χ4v) is 5.05. The molecule has 3 heterocycles. The van der Waals surface area contributed by atoms with E-state index in [1.165, 1.54) is 0 Å². The summed E-state index contributed by atoms with van der Waals surface area (Å²) in [6.07, 6.45) is 3.46. The zero-order valence-corrected chi connectivity index (χ0v) is 23.5. The first-order chi connectivity index (χ1) is 18.3. The quantitative estimate of drug-likeness (QED) is 0.182. The van der Waals surface area contributed by atoms with Gasteiger partial charge in [-0.05, 0) is 44.7 Å². The third kappa shape index (κ3) is 6.15. The summed E-state index contributed by atoms with van der Waals surface area (Å²) >= 11 is 7.59. The van der Waals surface area contributed by atoms with E-state index in [9.17, 15) is 9.59 Å². The van der Waals surface area contributed by atoms with Crippen molar-refractivity contribution in [2.24, 2.45) is 0 Å². The normalized spacial score (nSPS) is 11.2. The first-order valence-corrected chi connectivity index (χ1v) is 13.6. The van der Waals surface area contributed by atoms with Gasteiger partial charge in [0.25, 0.3) is 0 Å². The van der Waals surface area contributed by atoms with Gasteiger partial charge in [-0.3, -0.25) is 18.9 Å². The van der Waals surface area contributed by atoms with E-state index >= 15 is 0 Å². The predicted octanol–water partition coefficient (Wildman–Crippen LogP) is 4.90. The molecule has 200 valence electrons. The van der Waals surface area contributed by atoms with Gasteiger partial charge in [0.1, 0.15) is 11.5 Å². The lowest BCUT2D eigenvalue weighted by Crippen LogP contribution is -2.35. The highest BCUT2D eigenvalue weighted by Gasteiger charge is 2.20. The SMILES string of the molecule is CCOC(=O)CN(C)CCN(C=O)c1ccc2nc(CC)c(N(C)c3nc(-c4ccc(Cl)cc4)cs3)n2c1. The molecule has 0 aliphatic carbocycles. The Morgan fingerprint density at radius 1 is 1.11 bits per heavy atom. The number of anilines is 3. The number of carbonyl (C=O) groups is 2. The van der Waals surface area contributed by atoms with Crippen LogP contribution in [0.4, 0.5) is 16.6 Å². The number of benzene rings is 1. The molecule has 4 aromatic rings. The standard InChI is InChI=1S/C27H31ClN6O3S/c1-5-22-26(32(4)27-30-23(17-38-27)19-7-9-20(28)10-8-19)34-15-21(11-12-24(34)29-22)33(18-35)14-13-31(3)16-25(36)37-6-2/h7-12,15,17-18H,5-6,13-14,16H2,1-4H3. The number of imidazole rings is 1. The largest absolute Gasteiger partial charge is 0.465 e. The third-order valence-electron chi connectivity index (χ3n) is 6.10. The summed E-state index contributed by atoms with van der Waals surface area (Å²) in [6.45, 7) is 5.29. The summed E-state index contributed by atoms with van der Waals surface area (Å²) in [7, 11) is 3.80. The number of esters is 1. The molecule has 0 saturated heterocycles. The van der Waals surface area contributed by atoms with Crippen molar-refractivity contribution in [3.63, 3.8) is 0 Å². The van der Waals surface area contributed by atoms with Gasteiger partial charge in [0, 0.05) is 42.3 Å². The summed E-state index contributed by atoms with van der Waals surface area (Å²) in [6, 6.07) is 11.4. The molecule has 1 amide bonds. The van der Waals surface area contributed by atoms with Crippen LogP contribution in [0, 0.1) is 0 Å². The molecular weight excluding hydrogens is 524 g/mol. The lowest BCUT2D eigenvalue weighted by Gasteiger charge is -2.22. The molecule has 0 aliphatic heterocycles. The van der Waals surface area contributed by atoms with Gasteiger partial charge in [0.05, 0.1) is 30.2 Å². The molecule has 0 fully saturated rings. The highest BCUT2D eigenvalue weighted by Crippen LogP contribution is 2.34. The predicted molar refractivity (Wildman–Crippen MR) is 153 cm³/mol. The van der Waals surface area contributed by atoms with E-state index in [1.807, 2.05) is 76.3 Å². The number of aryl methyl sites for hydroxylation is 1. The molecule has 0 unspecified atom stereocenters. The van der Waals surface area contributed by atoms with Crippen molar-refractivity contribution in [1.82, 2.24) is 19.3 Å². The number of pyridine rings is 1. The number of thiazole rings is 1. The first-order valence-electron chi connectivity index (χ1n) is 12.4. The van der Waals surface area contributed by atoms with Gasteiger partial charge in [-0.2, -0.15) is 0 Å². The Hall–Kier alpha value is -3.47. The van der Waals surface area contributed by atoms with Gasteiger partial charge in [-0.15, -0.1) is 11.3 Å². The van der Waals surface area contributed by atoms with Crippen LogP contribution in [0.25, 0.3) is 16.9 Å². The van der Waals surface area contributed by atoms with Gasteiger partial charge >= 0.3 is 5.97 Å². The second-order valence-corrected chi connectivity index (χ2v) is 10.0. The van der Waals surface area contributed by atoms with E-state index < -0.39 is 0 Å². The Morgan fingerprint density at radius 3 is 2.55 bits per heavy atom. The second-order valence-electron chi connectivity index (χ2n) is 8.77. The number of rotatable bonds is 12. The monoisotopic (exact) mass is 554 g/mol. The molecule has 0 radical (unpaired) electrons. The van der Waals surface area contributed by atoms with Crippen LogP contribution < -0.4 is 9.80 Å². The van der Waals surface area contributed by atoms with Crippen LogP contribution in [0.5, 0.6) is 0 Å². The van der Waals surface area contributed by atoms with Gasteiger partial charge in [0.15, 0.2) is 5.13 Å². The number of fused-ring (bicyclic) bond motifs is 1. The minimum atomic E-state index is -0.284. The third-order valence-corrected chi connectivity index (χ3v) is 7.27. The van der Waals surface area contributed by atoms with Crippen LogP contribution in [0.1, 0.15) is 19.5 Å². The number of amides is 1. The average molecular weight is 555 g/mol. The van der Waals surface area contributed by atoms with E-state index in [1.54, 1.807) is 23.2 Å². The number of halogens is 1. The highest BCUT2D eigenvalue weighted by atomic mass is 35.5. The van der Waals surface area contributed by atoms with E-state index in [0.717, 1.165) is 52.1 Å². The molecule has 0 atom stereocenters. The van der Waals surface area contributed by atoms with Crippen LogP contribution in [-0.4, -0.2) is 72.0 Å². The number of aromatic nitrogens is 3. The van der Waals surface area contributed by atoms with E-state index in [-0.39, 0.29) is 12.5 Å². The van der Waals surface area contributed by atoms with Crippen LogP contribution in [0.3, 0.4) is 0 Å². The van der Waals surface area contributed by atoms with Crippen molar-refractivity contribution in [2.75, 3.05) is 50.1 Å². The zero-order chi connectivity index (χ0) is 27.2. The van der Waals surface area contributed by atoms with E-state index in [0.29, 0.717) is 24.7 Å². The molecule has 9 nitrogen and oxygen atoms in total. The van der Waals surface area contributed by atoms with E-state index in [2.05, 4.69) is 6.92 Å². The summed E-state index contributed by atoms with van der Waals surface area (Å²) < 4.78 is 7.00. The molecule has 4 rings (SSSR count). The van der Waals surface area contributed by atoms with Crippen molar-refractivity contribution >= 4 is 57.6 Å². The van der Waals surface area contributed by atoms with Gasteiger partial charge in [-0.1, -0.05) is 30.7 Å². The molecule has 1 aromatic carbocycles. The number of hydrogen-bond acceptors (Lipinski definition) is 8. The minimum absolute atomic E-state index is 0.168. The summed E-state index contributed by atoms with van der Waals surface area (Å²) in [5.74, 6) is 0.611. The molecule has 3 aromatic heterocycles. The lowest BCUT2D eigenvalue weighted by molar-refractivity contribution is -0.144. The number of hydrogen-bond donors (Lipinski definition) is 0. The molecular formula is C27H31ClN6O3S. The Bertz CT molecular complexity index is 1400. The summed E-state index contributed by atoms with van der Waals surface area (Å²) in [4.78, 5) is 38.9. The molecule has 0 saturated carbocycles. The number of carbonyl (C=O) groups excluding carboxylic acids is 2. The average Bonchev–Trinajstić information content (AvgIpc) is 3.54. The maximum atomic E-state index is 12.0. The van der Waals surface area contributed by atoms with Crippen molar-refractivity contribution in [2.45, 2.75) is 20.3 Å². The highest BCUT2D eigenvalue weighted by molar-refractivity contribution is 7.14. The van der Waals surface area contributed by atoms with Gasteiger partial charge in [-0.25, -0.2) is 9.97 Å². The zero-order valence-electron chi connectivity index (χ0n) is 21.9. The number of ether oxygens (including phenoxy) is 1. The number of nitrogens with zero attached hydrogens (tertiary/aromatic N) is 6. The lowest BCUT2D eigenvalue weighted by atomic mass is 10.2.